The number of piperidine rings is 2. The summed E-state index contributed by atoms with van der Waals surface area (Å²) in [6.07, 6.45) is 6.39. The van der Waals surface area contributed by atoms with Gasteiger partial charge in [-0.3, -0.25) is 0 Å². The Morgan fingerprint density at radius 1 is 1.17 bits per heavy atom. The lowest BCUT2D eigenvalue weighted by Crippen LogP contribution is -2.47. The third kappa shape index (κ3) is 4.29. The minimum Gasteiger partial charge on any atom is -0.324 e. The van der Waals surface area contributed by atoms with Crippen molar-refractivity contribution in [3.05, 3.63) is 29.8 Å². The molecular weight excluding hydrogens is 298 g/mol. The van der Waals surface area contributed by atoms with Gasteiger partial charge in [0.2, 0.25) is 0 Å². The first-order valence-electron chi connectivity index (χ1n) is 9.49. The highest BCUT2D eigenvalue weighted by Crippen LogP contribution is 2.23. The molecule has 132 valence electrons. The van der Waals surface area contributed by atoms with Gasteiger partial charge in [0.05, 0.1) is 0 Å². The number of nitrogens with zero attached hydrogens (tertiary/aromatic N) is 2. The second-order valence-electron chi connectivity index (χ2n) is 7.54. The zero-order chi connectivity index (χ0) is 16.9. The molecule has 0 bridgehead atoms. The van der Waals surface area contributed by atoms with Crippen LogP contribution in [0.5, 0.6) is 0 Å². The van der Waals surface area contributed by atoms with E-state index in [1.807, 2.05) is 36.1 Å². The normalized spacial score (nSPS) is 25.5. The predicted molar refractivity (Wildman–Crippen MR) is 99.4 cm³/mol. The van der Waals surface area contributed by atoms with E-state index in [0.717, 1.165) is 37.3 Å². The number of aryl methyl sites for hydroxylation is 1. The van der Waals surface area contributed by atoms with Crippen molar-refractivity contribution in [2.24, 2.45) is 5.92 Å². The predicted octanol–water partition coefficient (Wildman–Crippen LogP) is 4.11. The summed E-state index contributed by atoms with van der Waals surface area (Å²) in [4.78, 5) is 17.3. The number of hydrogen-bond donors (Lipinski definition) is 1. The maximum Gasteiger partial charge on any atom is 0.321 e. The lowest BCUT2D eigenvalue weighted by Gasteiger charge is -2.39. The van der Waals surface area contributed by atoms with Crippen LogP contribution in [0.3, 0.4) is 0 Å². The number of carbonyl (C=O) groups excluding carboxylic acids is 1. The number of para-hydroxylation sites is 1. The van der Waals surface area contributed by atoms with E-state index in [1.165, 1.54) is 32.2 Å². The van der Waals surface area contributed by atoms with Gasteiger partial charge in [0.1, 0.15) is 0 Å². The average Bonchev–Trinajstić information content (AvgIpc) is 2.59. The van der Waals surface area contributed by atoms with Gasteiger partial charge in [-0.05, 0) is 63.6 Å². The highest BCUT2D eigenvalue weighted by atomic mass is 16.2. The molecule has 2 saturated heterocycles. The number of amides is 2. The van der Waals surface area contributed by atoms with Crippen LogP contribution < -0.4 is 5.32 Å². The fraction of sp³-hybridized carbons (Fsp3) is 0.650. The van der Waals surface area contributed by atoms with E-state index in [1.54, 1.807) is 0 Å². The van der Waals surface area contributed by atoms with Gasteiger partial charge in [0.15, 0.2) is 0 Å². The first kappa shape index (κ1) is 17.3. The molecule has 2 fully saturated rings. The van der Waals surface area contributed by atoms with Crippen LogP contribution in [0.15, 0.2) is 24.3 Å². The second kappa shape index (κ2) is 8.02. The number of urea groups is 1. The van der Waals surface area contributed by atoms with Crippen molar-refractivity contribution in [3.8, 4) is 0 Å². The average molecular weight is 329 g/mol. The summed E-state index contributed by atoms with van der Waals surface area (Å²) >= 11 is 0. The molecule has 0 aliphatic carbocycles. The molecule has 3 rings (SSSR count). The molecule has 4 heteroatoms. The van der Waals surface area contributed by atoms with Gasteiger partial charge >= 0.3 is 6.03 Å². The fourth-order valence-electron chi connectivity index (χ4n) is 4.07. The highest BCUT2D eigenvalue weighted by Gasteiger charge is 2.27. The molecule has 2 heterocycles. The summed E-state index contributed by atoms with van der Waals surface area (Å²) in [5, 5.41) is 3.09. The monoisotopic (exact) mass is 329 g/mol. The molecule has 2 aliphatic rings. The Morgan fingerprint density at radius 2 is 2.00 bits per heavy atom. The molecule has 1 N–H and O–H groups in total. The Kier molecular flexibility index (Phi) is 5.77. The molecule has 0 spiro atoms. The lowest BCUT2D eigenvalue weighted by molar-refractivity contribution is 0.104. The third-order valence-electron chi connectivity index (χ3n) is 5.63. The third-order valence-corrected chi connectivity index (χ3v) is 5.63. The highest BCUT2D eigenvalue weighted by molar-refractivity contribution is 5.90. The molecule has 1 aromatic rings. The van der Waals surface area contributed by atoms with E-state index >= 15 is 0 Å². The molecule has 0 unspecified atom stereocenters. The molecule has 1 aromatic carbocycles. The van der Waals surface area contributed by atoms with E-state index in [-0.39, 0.29) is 6.03 Å². The van der Waals surface area contributed by atoms with Crippen LogP contribution in [0.2, 0.25) is 0 Å². The quantitative estimate of drug-likeness (QED) is 0.905. The number of nitrogens with one attached hydrogen (secondary N) is 1. The van der Waals surface area contributed by atoms with Crippen LogP contribution in [0.4, 0.5) is 10.5 Å². The zero-order valence-corrected chi connectivity index (χ0v) is 15.1. The van der Waals surface area contributed by atoms with Crippen molar-refractivity contribution >= 4 is 11.7 Å². The molecule has 2 amide bonds. The number of benzene rings is 1. The Hall–Kier alpha value is -1.55. The van der Waals surface area contributed by atoms with Crippen LogP contribution in [-0.4, -0.2) is 48.1 Å². The van der Waals surface area contributed by atoms with Crippen molar-refractivity contribution < 1.29 is 4.79 Å². The van der Waals surface area contributed by atoms with E-state index in [9.17, 15) is 4.79 Å². The minimum atomic E-state index is 0.0562. The molecule has 0 radical (unpaired) electrons. The summed E-state index contributed by atoms with van der Waals surface area (Å²) < 4.78 is 0. The Labute approximate surface area is 146 Å². The van der Waals surface area contributed by atoms with Crippen molar-refractivity contribution in [1.82, 2.24) is 9.80 Å². The largest absolute Gasteiger partial charge is 0.324 e. The molecule has 0 aromatic heterocycles. The lowest BCUT2D eigenvalue weighted by atomic mass is 9.95. The van der Waals surface area contributed by atoms with E-state index < -0.39 is 0 Å². The summed E-state index contributed by atoms with van der Waals surface area (Å²) in [6.45, 7) is 8.53. The first-order valence-corrected chi connectivity index (χ1v) is 9.49. The summed E-state index contributed by atoms with van der Waals surface area (Å²) in [6, 6.07) is 8.74. The van der Waals surface area contributed by atoms with Crippen LogP contribution in [0, 0.1) is 12.8 Å². The molecule has 24 heavy (non-hydrogen) atoms. The van der Waals surface area contributed by atoms with Gasteiger partial charge in [0, 0.05) is 31.4 Å². The van der Waals surface area contributed by atoms with E-state index in [4.69, 9.17) is 0 Å². The van der Waals surface area contributed by atoms with Crippen LogP contribution in [-0.2, 0) is 0 Å². The van der Waals surface area contributed by atoms with Gasteiger partial charge in [-0.1, -0.05) is 24.6 Å². The van der Waals surface area contributed by atoms with Crippen molar-refractivity contribution in [2.45, 2.75) is 52.0 Å². The Bertz CT molecular complexity index is 560. The van der Waals surface area contributed by atoms with Gasteiger partial charge in [-0.25, -0.2) is 4.79 Å². The molecule has 0 saturated carbocycles. The van der Waals surface area contributed by atoms with Crippen molar-refractivity contribution in [1.29, 1.82) is 0 Å². The summed E-state index contributed by atoms with van der Waals surface area (Å²) in [5.74, 6) is 0.613. The van der Waals surface area contributed by atoms with Gasteiger partial charge in [-0.15, -0.1) is 0 Å². The van der Waals surface area contributed by atoms with Crippen molar-refractivity contribution in [3.63, 3.8) is 0 Å². The molecule has 2 atom stereocenters. The molecular formula is C20H31N3O. The van der Waals surface area contributed by atoms with Crippen LogP contribution in [0.1, 0.15) is 44.6 Å². The first-order chi connectivity index (χ1) is 11.6. The topological polar surface area (TPSA) is 35.6 Å². The number of rotatable bonds is 3. The number of likely N-dealkylation sites (tertiary alicyclic amines) is 2. The Morgan fingerprint density at radius 3 is 2.79 bits per heavy atom. The number of hydrogen-bond acceptors (Lipinski definition) is 2. The fourth-order valence-corrected chi connectivity index (χ4v) is 4.07. The summed E-state index contributed by atoms with van der Waals surface area (Å²) in [7, 11) is 0. The number of anilines is 1. The maximum absolute atomic E-state index is 12.6. The van der Waals surface area contributed by atoms with E-state index in [2.05, 4.69) is 17.1 Å². The smallest absolute Gasteiger partial charge is 0.321 e. The standard InChI is InChI=1S/C20H31N3O/c1-16-8-3-4-11-19(16)21-20(24)23-13-7-10-18(15-23)14-22-12-6-5-9-17(22)2/h3-4,8,11,17-18H,5-7,9-10,12-15H2,1-2H3,(H,21,24)/t17-,18-/m1/s1. The zero-order valence-electron chi connectivity index (χ0n) is 15.1. The van der Waals surface area contributed by atoms with Gasteiger partial charge in [-0.2, -0.15) is 0 Å². The SMILES string of the molecule is Cc1ccccc1NC(=O)N1CCC[C@H](CN2CCCC[C@H]2C)C1. The second-order valence-corrected chi connectivity index (χ2v) is 7.54. The molecule has 2 aliphatic heterocycles. The number of carbonyl (C=O) groups is 1. The minimum absolute atomic E-state index is 0.0562. The van der Waals surface area contributed by atoms with Crippen molar-refractivity contribution in [2.75, 3.05) is 31.5 Å². The summed E-state index contributed by atoms with van der Waals surface area (Å²) in [5.41, 5.74) is 2.04. The van der Waals surface area contributed by atoms with Crippen LogP contribution in [0.25, 0.3) is 0 Å². The van der Waals surface area contributed by atoms with Gasteiger partial charge in [0.25, 0.3) is 0 Å². The Balaban J connectivity index is 1.55. The van der Waals surface area contributed by atoms with E-state index in [0.29, 0.717) is 12.0 Å². The molecule has 4 nitrogen and oxygen atoms in total. The van der Waals surface area contributed by atoms with Gasteiger partial charge < -0.3 is 15.1 Å². The maximum atomic E-state index is 12.6. The van der Waals surface area contributed by atoms with Crippen LogP contribution >= 0.6 is 0 Å².